The molecule has 0 spiro atoms. The van der Waals surface area contributed by atoms with Gasteiger partial charge in [-0.05, 0) is 17.7 Å². The SMILES string of the molecule is Cl.N[C@H](COCc1ccccc1)C(=O)Nc1cc2c3c(c[nH]c3c1)C=NNC2=O. The van der Waals surface area contributed by atoms with E-state index in [9.17, 15) is 9.59 Å². The van der Waals surface area contributed by atoms with Gasteiger partial charge in [-0.2, -0.15) is 5.10 Å². The van der Waals surface area contributed by atoms with E-state index >= 15 is 0 Å². The van der Waals surface area contributed by atoms with Crippen LogP contribution in [-0.2, 0) is 16.1 Å². The number of nitrogens with zero attached hydrogens (tertiary/aromatic N) is 1. The predicted octanol–water partition coefficient (Wildman–Crippen LogP) is 2.15. The minimum absolute atomic E-state index is 0. The molecule has 150 valence electrons. The average Bonchev–Trinajstić information content (AvgIpc) is 3.03. The lowest BCUT2D eigenvalue weighted by molar-refractivity contribution is -0.118. The first kappa shape index (κ1) is 20.5. The molecule has 4 rings (SSSR count). The maximum absolute atomic E-state index is 12.4. The van der Waals surface area contributed by atoms with E-state index in [1.54, 1.807) is 24.5 Å². The molecule has 2 heterocycles. The van der Waals surface area contributed by atoms with Crippen molar-refractivity contribution in [1.29, 1.82) is 0 Å². The van der Waals surface area contributed by atoms with Crippen molar-refractivity contribution in [2.45, 2.75) is 12.6 Å². The molecule has 29 heavy (non-hydrogen) atoms. The Hall–Kier alpha value is -3.20. The first-order valence-corrected chi connectivity index (χ1v) is 8.78. The topological polar surface area (TPSA) is 122 Å². The Kier molecular flexibility index (Phi) is 6.28. The summed E-state index contributed by atoms with van der Waals surface area (Å²) < 4.78 is 5.53. The molecule has 8 nitrogen and oxygen atoms in total. The highest BCUT2D eigenvalue weighted by molar-refractivity contribution is 6.15. The summed E-state index contributed by atoms with van der Waals surface area (Å²) in [6, 6.07) is 12.2. The zero-order chi connectivity index (χ0) is 19.5. The number of nitrogens with one attached hydrogen (secondary N) is 3. The van der Waals surface area contributed by atoms with Gasteiger partial charge in [0.25, 0.3) is 5.91 Å². The van der Waals surface area contributed by atoms with Crippen LogP contribution in [-0.4, -0.2) is 35.7 Å². The van der Waals surface area contributed by atoms with Gasteiger partial charge in [-0.15, -0.1) is 12.4 Å². The monoisotopic (exact) mass is 413 g/mol. The number of ether oxygens (including phenoxy) is 1. The summed E-state index contributed by atoms with van der Waals surface area (Å²) in [7, 11) is 0. The minimum Gasteiger partial charge on any atom is -0.375 e. The predicted molar refractivity (Wildman–Crippen MR) is 113 cm³/mol. The van der Waals surface area contributed by atoms with E-state index < -0.39 is 11.9 Å². The lowest BCUT2D eigenvalue weighted by Gasteiger charge is -2.14. The maximum atomic E-state index is 12.4. The van der Waals surface area contributed by atoms with Crippen LogP contribution in [0.4, 0.5) is 5.69 Å². The van der Waals surface area contributed by atoms with Crippen LogP contribution in [0.25, 0.3) is 10.9 Å². The Morgan fingerprint density at radius 2 is 2.03 bits per heavy atom. The molecule has 0 saturated heterocycles. The molecule has 1 atom stereocenters. The van der Waals surface area contributed by atoms with Gasteiger partial charge in [0.05, 0.1) is 25.0 Å². The summed E-state index contributed by atoms with van der Waals surface area (Å²) in [5.74, 6) is -0.733. The quantitative estimate of drug-likeness (QED) is 0.494. The molecule has 0 bridgehead atoms. The summed E-state index contributed by atoms with van der Waals surface area (Å²) >= 11 is 0. The summed E-state index contributed by atoms with van der Waals surface area (Å²) in [6.07, 6.45) is 3.33. The minimum atomic E-state index is -0.838. The van der Waals surface area contributed by atoms with Crippen molar-refractivity contribution < 1.29 is 14.3 Å². The third-order valence-corrected chi connectivity index (χ3v) is 4.44. The van der Waals surface area contributed by atoms with E-state index in [-0.39, 0.29) is 24.9 Å². The van der Waals surface area contributed by atoms with Gasteiger partial charge < -0.3 is 20.8 Å². The number of carbonyl (C=O) groups is 2. The number of carbonyl (C=O) groups excluding carboxylic acids is 2. The van der Waals surface area contributed by atoms with Crippen molar-refractivity contribution in [3.8, 4) is 0 Å². The first-order valence-electron chi connectivity index (χ1n) is 8.78. The van der Waals surface area contributed by atoms with Gasteiger partial charge in [0.1, 0.15) is 6.04 Å². The number of aromatic amines is 1. The Morgan fingerprint density at radius 1 is 1.24 bits per heavy atom. The van der Waals surface area contributed by atoms with Crippen molar-refractivity contribution >= 4 is 47.0 Å². The summed E-state index contributed by atoms with van der Waals surface area (Å²) in [5, 5.41) is 7.38. The lowest BCUT2D eigenvalue weighted by atomic mass is 10.1. The second-order valence-electron chi connectivity index (χ2n) is 6.49. The maximum Gasteiger partial charge on any atom is 0.272 e. The van der Waals surface area contributed by atoms with Gasteiger partial charge >= 0.3 is 0 Å². The normalized spacial score (nSPS) is 13.3. The number of rotatable bonds is 6. The number of aromatic nitrogens is 1. The van der Waals surface area contributed by atoms with Crippen molar-refractivity contribution in [2.75, 3.05) is 11.9 Å². The Balaban J connectivity index is 0.00000240. The van der Waals surface area contributed by atoms with Crippen LogP contribution in [0, 0.1) is 0 Å². The van der Waals surface area contributed by atoms with E-state index in [4.69, 9.17) is 10.5 Å². The third kappa shape index (κ3) is 4.45. The Bertz CT molecular complexity index is 1060. The first-order chi connectivity index (χ1) is 13.6. The number of hydrazone groups is 1. The van der Waals surface area contributed by atoms with Crippen molar-refractivity contribution in [1.82, 2.24) is 10.4 Å². The van der Waals surface area contributed by atoms with Gasteiger partial charge in [-0.25, -0.2) is 5.43 Å². The fourth-order valence-electron chi connectivity index (χ4n) is 3.06. The zero-order valence-corrected chi connectivity index (χ0v) is 16.2. The van der Waals surface area contributed by atoms with Gasteiger partial charge in [0.15, 0.2) is 0 Å². The fraction of sp³-hybridized carbons (Fsp3) is 0.150. The number of nitrogens with two attached hydrogens (primary N) is 1. The van der Waals surface area contributed by atoms with E-state index in [0.717, 1.165) is 22.0 Å². The van der Waals surface area contributed by atoms with E-state index in [2.05, 4.69) is 20.8 Å². The molecule has 1 aliphatic rings. The Morgan fingerprint density at radius 3 is 2.83 bits per heavy atom. The van der Waals surface area contributed by atoms with Crippen molar-refractivity contribution in [2.24, 2.45) is 10.8 Å². The second kappa shape index (κ2) is 8.87. The van der Waals surface area contributed by atoms with Gasteiger partial charge in [-0.3, -0.25) is 9.59 Å². The van der Waals surface area contributed by atoms with Crippen molar-refractivity contribution in [3.63, 3.8) is 0 Å². The van der Waals surface area contributed by atoms with Crippen molar-refractivity contribution in [3.05, 3.63) is 65.4 Å². The summed E-state index contributed by atoms with van der Waals surface area (Å²) in [6.45, 7) is 0.458. The number of hydrogen-bond donors (Lipinski definition) is 4. The summed E-state index contributed by atoms with van der Waals surface area (Å²) in [5.41, 5.74) is 11.8. The molecule has 0 radical (unpaired) electrons. The molecule has 0 fully saturated rings. The molecule has 1 aromatic heterocycles. The molecule has 5 N–H and O–H groups in total. The van der Waals surface area contributed by atoms with E-state index in [1.165, 1.54) is 0 Å². The van der Waals surface area contributed by atoms with Crippen LogP contribution < -0.4 is 16.5 Å². The molecule has 9 heteroatoms. The molecule has 0 saturated carbocycles. The van der Waals surface area contributed by atoms with E-state index in [0.29, 0.717) is 17.9 Å². The number of halogens is 1. The van der Waals surface area contributed by atoms with Crippen LogP contribution in [0.1, 0.15) is 21.5 Å². The van der Waals surface area contributed by atoms with Gasteiger partial charge in [0, 0.05) is 28.4 Å². The van der Waals surface area contributed by atoms with Crippen LogP contribution >= 0.6 is 12.4 Å². The average molecular weight is 414 g/mol. The molecule has 2 aromatic carbocycles. The number of hydrogen-bond acceptors (Lipinski definition) is 5. The zero-order valence-electron chi connectivity index (χ0n) is 15.3. The largest absolute Gasteiger partial charge is 0.375 e. The molecule has 2 amide bonds. The van der Waals surface area contributed by atoms with Crippen LogP contribution in [0.5, 0.6) is 0 Å². The molecule has 0 unspecified atom stereocenters. The summed E-state index contributed by atoms with van der Waals surface area (Å²) in [4.78, 5) is 27.7. The molecular weight excluding hydrogens is 394 g/mol. The van der Waals surface area contributed by atoms with Crippen LogP contribution in [0.3, 0.4) is 0 Å². The van der Waals surface area contributed by atoms with Crippen LogP contribution in [0.15, 0.2) is 53.8 Å². The lowest BCUT2D eigenvalue weighted by Crippen LogP contribution is -2.39. The Labute approximate surface area is 172 Å². The standard InChI is InChI=1S/C20H19N5O3.ClH/c21-16(11-28-10-12-4-2-1-3-5-12)20(27)24-14-6-15-18-13(8-22-17(18)7-14)9-23-25-19(15)26;/h1-9,16,22H,10-11,21H2,(H,24,27)(H,25,26);1H/t16-;/m1./s1. The molecular formula is C20H20ClN5O3. The molecule has 0 aliphatic carbocycles. The fourth-order valence-corrected chi connectivity index (χ4v) is 3.06. The number of H-pyrrole nitrogens is 1. The van der Waals surface area contributed by atoms with Crippen LogP contribution in [0.2, 0.25) is 0 Å². The second-order valence-corrected chi connectivity index (χ2v) is 6.49. The molecule has 3 aromatic rings. The number of anilines is 1. The van der Waals surface area contributed by atoms with E-state index in [1.807, 2.05) is 30.3 Å². The molecule has 1 aliphatic heterocycles. The number of benzene rings is 2. The highest BCUT2D eigenvalue weighted by atomic mass is 35.5. The third-order valence-electron chi connectivity index (χ3n) is 4.44. The van der Waals surface area contributed by atoms with Gasteiger partial charge in [-0.1, -0.05) is 30.3 Å². The number of amides is 2. The highest BCUT2D eigenvalue weighted by Gasteiger charge is 2.20. The smallest absolute Gasteiger partial charge is 0.272 e. The van der Waals surface area contributed by atoms with Gasteiger partial charge in [0.2, 0.25) is 5.91 Å². The highest BCUT2D eigenvalue weighted by Crippen LogP contribution is 2.27.